The summed E-state index contributed by atoms with van der Waals surface area (Å²) in [5.41, 5.74) is 5.54. The third-order valence-corrected chi connectivity index (χ3v) is 2.21. The highest BCUT2D eigenvalue weighted by Crippen LogP contribution is 2.10. The molecule has 0 spiro atoms. The lowest BCUT2D eigenvalue weighted by Gasteiger charge is -2.21. The van der Waals surface area contributed by atoms with Crippen molar-refractivity contribution in [2.45, 2.75) is 13.8 Å². The molecule has 2 N–H and O–H groups in total. The molecule has 3 heteroatoms. The van der Waals surface area contributed by atoms with E-state index in [0.717, 1.165) is 18.9 Å². The maximum Gasteiger partial charge on any atom is 0.128 e. The van der Waals surface area contributed by atoms with Gasteiger partial charge in [-0.3, -0.25) is 0 Å². The summed E-state index contributed by atoms with van der Waals surface area (Å²) in [7, 11) is 0. The standard InChI is InChI=1S/C11H19N3/c1-3-14(8-7-12)11-6-4-5-10(2)9-13-11/h4-6,9-10H,3,7-8,12H2,1-2H3. The maximum atomic E-state index is 5.54. The van der Waals surface area contributed by atoms with Crippen LogP contribution in [0.5, 0.6) is 0 Å². The largest absolute Gasteiger partial charge is 0.356 e. The van der Waals surface area contributed by atoms with Gasteiger partial charge in [-0.2, -0.15) is 0 Å². The number of rotatable bonds is 4. The topological polar surface area (TPSA) is 41.6 Å². The Labute approximate surface area is 86.0 Å². The van der Waals surface area contributed by atoms with E-state index in [2.05, 4.69) is 35.9 Å². The number of nitrogens with zero attached hydrogens (tertiary/aromatic N) is 2. The van der Waals surface area contributed by atoms with E-state index in [4.69, 9.17) is 5.73 Å². The third kappa shape index (κ3) is 3.00. The van der Waals surface area contributed by atoms with Crippen LogP contribution in [0, 0.1) is 5.92 Å². The molecule has 0 aliphatic carbocycles. The molecule has 3 nitrogen and oxygen atoms in total. The minimum Gasteiger partial charge on any atom is -0.356 e. The Morgan fingerprint density at radius 3 is 3.00 bits per heavy atom. The van der Waals surface area contributed by atoms with E-state index < -0.39 is 0 Å². The van der Waals surface area contributed by atoms with Gasteiger partial charge in [0.1, 0.15) is 5.82 Å². The van der Waals surface area contributed by atoms with Crippen molar-refractivity contribution in [2.75, 3.05) is 19.6 Å². The van der Waals surface area contributed by atoms with Crippen molar-refractivity contribution in [1.29, 1.82) is 0 Å². The molecule has 78 valence electrons. The molecule has 0 aromatic rings. The first kappa shape index (κ1) is 11.0. The zero-order valence-electron chi connectivity index (χ0n) is 8.98. The fraction of sp³-hybridized carbons (Fsp3) is 0.545. The van der Waals surface area contributed by atoms with Gasteiger partial charge in [0.25, 0.3) is 0 Å². The molecule has 1 aliphatic heterocycles. The van der Waals surface area contributed by atoms with E-state index >= 15 is 0 Å². The van der Waals surface area contributed by atoms with Crippen molar-refractivity contribution in [1.82, 2.24) is 4.90 Å². The van der Waals surface area contributed by atoms with Crippen LogP contribution >= 0.6 is 0 Å². The van der Waals surface area contributed by atoms with Crippen LogP contribution in [-0.2, 0) is 0 Å². The molecule has 0 amide bonds. The summed E-state index contributed by atoms with van der Waals surface area (Å²) in [6.45, 7) is 6.71. The summed E-state index contributed by atoms with van der Waals surface area (Å²) in [5, 5.41) is 0. The highest BCUT2D eigenvalue weighted by atomic mass is 15.2. The van der Waals surface area contributed by atoms with E-state index in [-0.39, 0.29) is 0 Å². The molecule has 1 heterocycles. The Bertz CT molecular complexity index is 253. The predicted molar refractivity (Wildman–Crippen MR) is 61.2 cm³/mol. The summed E-state index contributed by atoms with van der Waals surface area (Å²) in [6, 6.07) is 0. The van der Waals surface area contributed by atoms with E-state index in [0.29, 0.717) is 12.5 Å². The fourth-order valence-electron chi connectivity index (χ4n) is 1.38. The molecule has 0 bridgehead atoms. The average molecular weight is 193 g/mol. The molecule has 14 heavy (non-hydrogen) atoms. The van der Waals surface area contributed by atoms with Gasteiger partial charge in [0.05, 0.1) is 0 Å². The Balaban J connectivity index is 2.70. The summed E-state index contributed by atoms with van der Waals surface area (Å²) < 4.78 is 0. The highest BCUT2D eigenvalue weighted by Gasteiger charge is 2.05. The molecule has 0 aromatic heterocycles. The number of hydrogen-bond acceptors (Lipinski definition) is 3. The molecular formula is C11H19N3. The minimum atomic E-state index is 0.417. The molecule has 1 rings (SSSR count). The lowest BCUT2D eigenvalue weighted by Crippen LogP contribution is -2.28. The summed E-state index contributed by atoms with van der Waals surface area (Å²) in [5.74, 6) is 1.43. The van der Waals surface area contributed by atoms with Gasteiger partial charge in [-0.05, 0) is 13.0 Å². The predicted octanol–water partition coefficient (Wildman–Crippen LogP) is 1.39. The van der Waals surface area contributed by atoms with Crippen LogP contribution in [-0.4, -0.2) is 30.7 Å². The molecule has 0 aromatic carbocycles. The normalized spacial score (nSPS) is 20.5. The number of allylic oxidation sites excluding steroid dienone is 3. The van der Waals surface area contributed by atoms with E-state index in [1.807, 2.05) is 12.3 Å². The first-order chi connectivity index (χ1) is 6.77. The summed E-state index contributed by atoms with van der Waals surface area (Å²) >= 11 is 0. The first-order valence-electron chi connectivity index (χ1n) is 5.15. The Kier molecular flexibility index (Phi) is 4.40. The van der Waals surface area contributed by atoms with Crippen LogP contribution in [0.15, 0.2) is 29.0 Å². The van der Waals surface area contributed by atoms with Crippen molar-refractivity contribution in [2.24, 2.45) is 16.6 Å². The second-order valence-corrected chi connectivity index (χ2v) is 3.42. The first-order valence-corrected chi connectivity index (χ1v) is 5.15. The van der Waals surface area contributed by atoms with Gasteiger partial charge in [0.15, 0.2) is 0 Å². The molecule has 0 fully saturated rings. The van der Waals surface area contributed by atoms with Crippen molar-refractivity contribution in [3.8, 4) is 0 Å². The van der Waals surface area contributed by atoms with Gasteiger partial charge in [-0.25, -0.2) is 4.99 Å². The number of nitrogens with two attached hydrogens (primary N) is 1. The van der Waals surface area contributed by atoms with Gasteiger partial charge >= 0.3 is 0 Å². The number of hydrogen-bond donors (Lipinski definition) is 1. The molecule has 0 radical (unpaired) electrons. The molecule has 0 saturated heterocycles. The van der Waals surface area contributed by atoms with Gasteiger partial charge in [0.2, 0.25) is 0 Å². The van der Waals surface area contributed by atoms with Crippen molar-refractivity contribution in [3.05, 3.63) is 24.0 Å². The van der Waals surface area contributed by atoms with Crippen molar-refractivity contribution in [3.63, 3.8) is 0 Å². The lowest BCUT2D eigenvalue weighted by atomic mass is 10.2. The monoisotopic (exact) mass is 193 g/mol. The molecule has 0 saturated carbocycles. The van der Waals surface area contributed by atoms with Crippen LogP contribution in [0.4, 0.5) is 0 Å². The van der Waals surface area contributed by atoms with Crippen LogP contribution in [0.2, 0.25) is 0 Å². The lowest BCUT2D eigenvalue weighted by molar-refractivity contribution is 0.369. The number of likely N-dealkylation sites (N-methyl/N-ethyl adjacent to an activating group) is 1. The van der Waals surface area contributed by atoms with Gasteiger partial charge in [-0.15, -0.1) is 0 Å². The van der Waals surface area contributed by atoms with Gasteiger partial charge in [0, 0.05) is 31.8 Å². The van der Waals surface area contributed by atoms with E-state index in [1.54, 1.807) is 0 Å². The summed E-state index contributed by atoms with van der Waals surface area (Å²) in [6.07, 6.45) is 8.20. The quantitative estimate of drug-likeness (QED) is 0.733. The maximum absolute atomic E-state index is 5.54. The highest BCUT2D eigenvalue weighted by molar-refractivity contribution is 5.65. The average Bonchev–Trinajstić information content (AvgIpc) is 2.40. The Hall–Kier alpha value is -1.09. The Morgan fingerprint density at radius 2 is 2.36 bits per heavy atom. The van der Waals surface area contributed by atoms with E-state index in [1.165, 1.54) is 0 Å². The number of aliphatic imine (C=N–C) groups is 1. The SMILES string of the molecule is CCN(CCN)C1=CC=CC(C)C=N1. The zero-order valence-corrected chi connectivity index (χ0v) is 8.98. The zero-order chi connectivity index (χ0) is 10.4. The van der Waals surface area contributed by atoms with Crippen LogP contribution in [0.3, 0.4) is 0 Å². The third-order valence-electron chi connectivity index (χ3n) is 2.21. The smallest absolute Gasteiger partial charge is 0.128 e. The van der Waals surface area contributed by atoms with Gasteiger partial charge < -0.3 is 10.6 Å². The molecule has 1 aliphatic rings. The molecule has 1 unspecified atom stereocenters. The minimum absolute atomic E-state index is 0.417. The van der Waals surface area contributed by atoms with Crippen molar-refractivity contribution < 1.29 is 0 Å². The molecule has 1 atom stereocenters. The van der Waals surface area contributed by atoms with E-state index in [9.17, 15) is 0 Å². The van der Waals surface area contributed by atoms with Crippen LogP contribution in [0.1, 0.15) is 13.8 Å². The van der Waals surface area contributed by atoms with Crippen LogP contribution in [0.25, 0.3) is 0 Å². The van der Waals surface area contributed by atoms with Crippen LogP contribution < -0.4 is 5.73 Å². The second-order valence-electron chi connectivity index (χ2n) is 3.42. The van der Waals surface area contributed by atoms with Gasteiger partial charge in [-0.1, -0.05) is 19.1 Å². The fourth-order valence-corrected chi connectivity index (χ4v) is 1.38. The molecular weight excluding hydrogens is 174 g/mol. The second kappa shape index (κ2) is 5.60. The van der Waals surface area contributed by atoms with Crippen molar-refractivity contribution >= 4 is 6.21 Å². The summed E-state index contributed by atoms with van der Waals surface area (Å²) in [4.78, 5) is 6.62. The Morgan fingerprint density at radius 1 is 1.57 bits per heavy atom.